The molecule has 1 saturated carbocycles. The van der Waals surface area contributed by atoms with Crippen LogP contribution in [-0.4, -0.2) is 31.1 Å². The fourth-order valence-corrected chi connectivity index (χ4v) is 3.51. The van der Waals surface area contributed by atoms with Crippen LogP contribution in [0.25, 0.3) is 11.2 Å². The van der Waals surface area contributed by atoms with Crippen molar-refractivity contribution < 1.29 is 4.79 Å². The van der Waals surface area contributed by atoms with Crippen molar-refractivity contribution in [3.8, 4) is 0 Å². The second-order valence-electron chi connectivity index (χ2n) is 7.17. The molecule has 0 spiro atoms. The number of benzene rings is 1. The van der Waals surface area contributed by atoms with E-state index in [-0.39, 0.29) is 29.0 Å². The fraction of sp³-hybridized carbons (Fsp3) is 0.368. The molecular formula is C19H21N5O3. The molecule has 27 heavy (non-hydrogen) atoms. The van der Waals surface area contributed by atoms with Gasteiger partial charge in [-0.15, -0.1) is 0 Å². The Labute approximate surface area is 155 Å². The standard InChI is InChI=1S/C19H21N5O3/c1-22-16-15(17(26)23(2)18(22)27)24(12-21-16)10-14(25)20-11-19(8-9-19)13-6-4-3-5-7-13/h3-7,12H,8-11H2,1-2H3,(H,20,25). The summed E-state index contributed by atoms with van der Waals surface area (Å²) in [5.41, 5.74) is 0.885. The fourth-order valence-electron chi connectivity index (χ4n) is 3.51. The van der Waals surface area contributed by atoms with Crippen molar-refractivity contribution in [3.05, 3.63) is 63.1 Å². The van der Waals surface area contributed by atoms with Gasteiger partial charge in [-0.25, -0.2) is 9.78 Å². The number of hydrogen-bond donors (Lipinski definition) is 1. The Morgan fingerprint density at radius 3 is 2.52 bits per heavy atom. The van der Waals surface area contributed by atoms with E-state index in [0.717, 1.165) is 17.4 Å². The van der Waals surface area contributed by atoms with Crippen LogP contribution in [0.1, 0.15) is 18.4 Å². The van der Waals surface area contributed by atoms with Gasteiger partial charge in [-0.2, -0.15) is 0 Å². The summed E-state index contributed by atoms with van der Waals surface area (Å²) in [7, 11) is 2.97. The number of aromatic nitrogens is 4. The van der Waals surface area contributed by atoms with Crippen LogP contribution in [0.15, 0.2) is 46.2 Å². The summed E-state index contributed by atoms with van der Waals surface area (Å²) >= 11 is 0. The number of fused-ring (bicyclic) bond motifs is 1. The van der Waals surface area contributed by atoms with E-state index in [0.29, 0.717) is 6.54 Å². The van der Waals surface area contributed by atoms with Crippen LogP contribution in [0.2, 0.25) is 0 Å². The van der Waals surface area contributed by atoms with E-state index in [1.165, 1.54) is 28.1 Å². The lowest BCUT2D eigenvalue weighted by Gasteiger charge is -2.16. The summed E-state index contributed by atoms with van der Waals surface area (Å²) in [5.74, 6) is -0.188. The molecule has 140 valence electrons. The van der Waals surface area contributed by atoms with Gasteiger partial charge in [-0.1, -0.05) is 30.3 Å². The van der Waals surface area contributed by atoms with Crippen LogP contribution in [0.4, 0.5) is 0 Å². The van der Waals surface area contributed by atoms with Crippen LogP contribution < -0.4 is 16.6 Å². The van der Waals surface area contributed by atoms with Gasteiger partial charge in [0.15, 0.2) is 11.2 Å². The topological polar surface area (TPSA) is 90.9 Å². The molecule has 0 saturated heterocycles. The van der Waals surface area contributed by atoms with Crippen LogP contribution in [0.3, 0.4) is 0 Å². The number of hydrogen-bond acceptors (Lipinski definition) is 4. The van der Waals surface area contributed by atoms with Crippen molar-refractivity contribution in [2.45, 2.75) is 24.8 Å². The van der Waals surface area contributed by atoms with Gasteiger partial charge < -0.3 is 9.88 Å². The number of rotatable bonds is 5. The van der Waals surface area contributed by atoms with Crippen molar-refractivity contribution in [1.82, 2.24) is 24.0 Å². The zero-order valence-corrected chi connectivity index (χ0v) is 15.3. The number of nitrogens with zero attached hydrogens (tertiary/aromatic N) is 4. The Bertz CT molecular complexity index is 1140. The van der Waals surface area contributed by atoms with Crippen molar-refractivity contribution in [1.29, 1.82) is 0 Å². The quantitative estimate of drug-likeness (QED) is 0.701. The summed E-state index contributed by atoms with van der Waals surface area (Å²) in [6.45, 7) is 0.549. The molecule has 1 N–H and O–H groups in total. The molecule has 0 bridgehead atoms. The van der Waals surface area contributed by atoms with Crippen molar-refractivity contribution >= 4 is 17.1 Å². The highest BCUT2D eigenvalue weighted by Gasteiger charge is 2.44. The highest BCUT2D eigenvalue weighted by Crippen LogP contribution is 2.47. The van der Waals surface area contributed by atoms with Crippen LogP contribution >= 0.6 is 0 Å². The van der Waals surface area contributed by atoms with Gasteiger partial charge in [-0.3, -0.25) is 18.7 Å². The van der Waals surface area contributed by atoms with Gasteiger partial charge in [-0.05, 0) is 18.4 Å². The summed E-state index contributed by atoms with van der Waals surface area (Å²) < 4.78 is 3.82. The van der Waals surface area contributed by atoms with Gasteiger partial charge in [0.25, 0.3) is 5.56 Å². The average Bonchev–Trinajstić information content (AvgIpc) is 3.37. The van der Waals surface area contributed by atoms with E-state index < -0.39 is 11.2 Å². The molecule has 0 atom stereocenters. The Balaban J connectivity index is 1.53. The van der Waals surface area contributed by atoms with Crippen molar-refractivity contribution in [2.24, 2.45) is 14.1 Å². The number of aryl methyl sites for hydroxylation is 1. The largest absolute Gasteiger partial charge is 0.354 e. The third-order valence-electron chi connectivity index (χ3n) is 5.39. The Hall–Kier alpha value is -3.16. The first kappa shape index (κ1) is 17.3. The van der Waals surface area contributed by atoms with Crippen molar-refractivity contribution in [2.75, 3.05) is 6.54 Å². The highest BCUT2D eigenvalue weighted by molar-refractivity contribution is 5.79. The zero-order valence-electron chi connectivity index (χ0n) is 15.3. The molecule has 2 aromatic heterocycles. The van der Waals surface area contributed by atoms with E-state index in [4.69, 9.17) is 0 Å². The molecule has 1 aliphatic carbocycles. The third kappa shape index (κ3) is 2.87. The molecule has 1 aliphatic rings. The SMILES string of the molecule is Cn1c(=O)c2c(ncn2CC(=O)NCC2(c3ccccc3)CC2)n(C)c1=O. The first-order chi connectivity index (χ1) is 12.9. The highest BCUT2D eigenvalue weighted by atomic mass is 16.2. The van der Waals surface area contributed by atoms with Crippen LogP contribution in [0, 0.1) is 0 Å². The number of carbonyl (C=O) groups is 1. The van der Waals surface area contributed by atoms with E-state index in [9.17, 15) is 14.4 Å². The molecule has 0 unspecified atom stereocenters. The first-order valence-electron chi connectivity index (χ1n) is 8.86. The molecule has 1 amide bonds. The zero-order chi connectivity index (χ0) is 19.2. The molecule has 2 heterocycles. The van der Waals surface area contributed by atoms with Crippen LogP contribution in [0.5, 0.6) is 0 Å². The Morgan fingerprint density at radius 2 is 1.85 bits per heavy atom. The molecule has 4 rings (SSSR count). The van der Waals surface area contributed by atoms with E-state index in [1.54, 1.807) is 7.05 Å². The Kier molecular flexibility index (Phi) is 3.98. The minimum Gasteiger partial charge on any atom is -0.354 e. The van der Waals surface area contributed by atoms with Crippen LogP contribution in [-0.2, 0) is 30.8 Å². The normalized spacial score (nSPS) is 15.0. The molecule has 1 fully saturated rings. The lowest BCUT2D eigenvalue weighted by molar-refractivity contribution is -0.121. The molecular weight excluding hydrogens is 346 g/mol. The molecule has 0 aliphatic heterocycles. The van der Waals surface area contributed by atoms with E-state index in [1.807, 2.05) is 18.2 Å². The van der Waals surface area contributed by atoms with Gasteiger partial charge >= 0.3 is 5.69 Å². The second-order valence-corrected chi connectivity index (χ2v) is 7.17. The lowest BCUT2D eigenvalue weighted by Crippen LogP contribution is -2.38. The van der Waals surface area contributed by atoms with Crippen molar-refractivity contribution in [3.63, 3.8) is 0 Å². The Morgan fingerprint density at radius 1 is 1.15 bits per heavy atom. The molecule has 1 aromatic carbocycles. The summed E-state index contributed by atoms with van der Waals surface area (Å²) in [6.07, 6.45) is 3.52. The number of imidazole rings is 1. The maximum atomic E-state index is 12.5. The third-order valence-corrected chi connectivity index (χ3v) is 5.39. The van der Waals surface area contributed by atoms with Gasteiger partial charge in [0.1, 0.15) is 6.54 Å². The molecule has 0 radical (unpaired) electrons. The maximum Gasteiger partial charge on any atom is 0.332 e. The summed E-state index contributed by atoms with van der Waals surface area (Å²) in [6, 6.07) is 10.2. The summed E-state index contributed by atoms with van der Waals surface area (Å²) in [5, 5.41) is 2.98. The minimum atomic E-state index is -0.457. The van der Waals surface area contributed by atoms with E-state index >= 15 is 0 Å². The average molecular weight is 367 g/mol. The number of nitrogens with one attached hydrogen (secondary N) is 1. The smallest absolute Gasteiger partial charge is 0.332 e. The van der Waals surface area contributed by atoms with Gasteiger partial charge in [0, 0.05) is 26.1 Å². The predicted molar refractivity (Wildman–Crippen MR) is 101 cm³/mol. The number of carbonyl (C=O) groups excluding carboxylic acids is 1. The second kappa shape index (κ2) is 6.22. The number of amides is 1. The van der Waals surface area contributed by atoms with Gasteiger partial charge in [0.05, 0.1) is 6.33 Å². The molecule has 3 aromatic rings. The monoisotopic (exact) mass is 367 g/mol. The molecule has 8 nitrogen and oxygen atoms in total. The maximum absolute atomic E-state index is 12.5. The lowest BCUT2D eigenvalue weighted by atomic mass is 9.96. The predicted octanol–water partition coefficient (Wildman–Crippen LogP) is 0.282. The molecule has 8 heteroatoms. The first-order valence-corrected chi connectivity index (χ1v) is 8.86. The summed E-state index contributed by atoms with van der Waals surface area (Å²) in [4.78, 5) is 41.0. The minimum absolute atomic E-state index is 0.0190. The van der Waals surface area contributed by atoms with Gasteiger partial charge in [0.2, 0.25) is 5.91 Å². The van der Waals surface area contributed by atoms with E-state index in [2.05, 4.69) is 22.4 Å².